The average molecular weight is 126 g/mol. The number of terminal acetylenes is 1. The first-order chi connectivity index (χ1) is 4.20. The van der Waals surface area contributed by atoms with Crippen molar-refractivity contribution in [2.75, 3.05) is 7.11 Å². The lowest BCUT2D eigenvalue weighted by Crippen LogP contribution is -2.04. The highest BCUT2D eigenvalue weighted by Gasteiger charge is 2.04. The van der Waals surface area contributed by atoms with Crippen molar-refractivity contribution in [1.82, 2.24) is 0 Å². The molecule has 0 bridgehead atoms. The summed E-state index contributed by atoms with van der Waals surface area (Å²) in [6, 6.07) is 0. The van der Waals surface area contributed by atoms with Crippen LogP contribution in [0, 0.1) is 18.3 Å². The van der Waals surface area contributed by atoms with E-state index in [0.29, 0.717) is 6.42 Å². The van der Waals surface area contributed by atoms with Gasteiger partial charge in [0.1, 0.15) is 0 Å². The van der Waals surface area contributed by atoms with Gasteiger partial charge >= 0.3 is 5.97 Å². The zero-order chi connectivity index (χ0) is 7.28. The van der Waals surface area contributed by atoms with Crippen LogP contribution >= 0.6 is 0 Å². The van der Waals surface area contributed by atoms with E-state index in [0.717, 1.165) is 0 Å². The summed E-state index contributed by atoms with van der Waals surface area (Å²) in [5.41, 5.74) is 0. The Labute approximate surface area is 55.2 Å². The van der Waals surface area contributed by atoms with Gasteiger partial charge in [-0.25, -0.2) is 0 Å². The van der Waals surface area contributed by atoms with E-state index in [1.54, 1.807) is 6.92 Å². The molecule has 0 aromatic carbocycles. The van der Waals surface area contributed by atoms with Crippen LogP contribution in [-0.2, 0) is 9.53 Å². The Morgan fingerprint density at radius 1 is 1.89 bits per heavy atom. The Balaban J connectivity index is 3.50. The van der Waals surface area contributed by atoms with E-state index in [1.807, 2.05) is 0 Å². The lowest BCUT2D eigenvalue weighted by Gasteiger charge is -1.99. The molecule has 0 fully saturated rings. The predicted molar refractivity (Wildman–Crippen MR) is 34.6 cm³/mol. The second-order valence-corrected chi connectivity index (χ2v) is 1.85. The number of ether oxygens (including phenoxy) is 1. The molecule has 0 N–H and O–H groups in total. The van der Waals surface area contributed by atoms with Crippen LogP contribution < -0.4 is 0 Å². The summed E-state index contributed by atoms with van der Waals surface area (Å²) in [5.74, 6) is 2.16. The molecular formula is C7H10O2. The van der Waals surface area contributed by atoms with Crippen LogP contribution in [-0.4, -0.2) is 13.1 Å². The van der Waals surface area contributed by atoms with Gasteiger partial charge in [0.2, 0.25) is 0 Å². The maximum Gasteiger partial charge on any atom is 0.306 e. The number of hydrogen-bond acceptors (Lipinski definition) is 2. The Hall–Kier alpha value is -0.970. The molecule has 0 aromatic heterocycles. The van der Waals surface area contributed by atoms with Gasteiger partial charge in [-0.2, -0.15) is 0 Å². The van der Waals surface area contributed by atoms with Crippen LogP contribution in [0.25, 0.3) is 0 Å². The highest BCUT2D eigenvalue weighted by molar-refractivity contribution is 5.69. The third-order valence-corrected chi connectivity index (χ3v) is 0.985. The molecule has 0 aliphatic carbocycles. The second kappa shape index (κ2) is 3.96. The zero-order valence-corrected chi connectivity index (χ0v) is 5.68. The summed E-state index contributed by atoms with van der Waals surface area (Å²) in [6.07, 6.45) is 5.33. The molecule has 0 aliphatic heterocycles. The van der Waals surface area contributed by atoms with Gasteiger partial charge in [-0.1, -0.05) is 6.92 Å². The van der Waals surface area contributed by atoms with Gasteiger partial charge in [-0.15, -0.1) is 12.3 Å². The van der Waals surface area contributed by atoms with Crippen molar-refractivity contribution in [3.05, 3.63) is 0 Å². The number of hydrogen-bond donors (Lipinski definition) is 0. The summed E-state index contributed by atoms with van der Waals surface area (Å²) < 4.78 is 4.39. The standard InChI is InChI=1S/C7H10O2/c1-4-6(2)5-7(8)9-3/h1,6H,5H2,2-3H3. The molecule has 0 rings (SSSR count). The number of esters is 1. The van der Waals surface area contributed by atoms with Crippen LogP contribution in [0.15, 0.2) is 0 Å². The topological polar surface area (TPSA) is 26.3 Å². The fraction of sp³-hybridized carbons (Fsp3) is 0.571. The van der Waals surface area contributed by atoms with E-state index >= 15 is 0 Å². The minimum Gasteiger partial charge on any atom is -0.469 e. The van der Waals surface area contributed by atoms with Gasteiger partial charge in [0, 0.05) is 5.92 Å². The highest BCUT2D eigenvalue weighted by atomic mass is 16.5. The minimum absolute atomic E-state index is 0.0163. The van der Waals surface area contributed by atoms with E-state index < -0.39 is 0 Å². The van der Waals surface area contributed by atoms with Crippen LogP contribution in [0.2, 0.25) is 0 Å². The first-order valence-electron chi connectivity index (χ1n) is 2.73. The number of methoxy groups -OCH3 is 1. The summed E-state index contributed by atoms with van der Waals surface area (Å²) in [5, 5.41) is 0. The molecule has 0 aromatic rings. The van der Waals surface area contributed by atoms with Crippen LogP contribution in [0.3, 0.4) is 0 Å². The SMILES string of the molecule is C#CC(C)CC(=O)OC. The van der Waals surface area contributed by atoms with Crippen molar-refractivity contribution in [1.29, 1.82) is 0 Å². The van der Waals surface area contributed by atoms with Crippen molar-refractivity contribution in [2.45, 2.75) is 13.3 Å². The Morgan fingerprint density at radius 2 is 2.44 bits per heavy atom. The van der Waals surface area contributed by atoms with Crippen molar-refractivity contribution < 1.29 is 9.53 Å². The van der Waals surface area contributed by atoms with E-state index in [-0.39, 0.29) is 11.9 Å². The maximum atomic E-state index is 10.5. The summed E-state index contributed by atoms with van der Waals surface area (Å²) in [7, 11) is 1.35. The van der Waals surface area contributed by atoms with Gasteiger partial charge in [0.15, 0.2) is 0 Å². The lowest BCUT2D eigenvalue weighted by molar-refractivity contribution is -0.141. The van der Waals surface area contributed by atoms with E-state index in [1.165, 1.54) is 7.11 Å². The number of rotatable bonds is 2. The molecule has 2 heteroatoms. The van der Waals surface area contributed by atoms with Gasteiger partial charge in [0.25, 0.3) is 0 Å². The molecular weight excluding hydrogens is 116 g/mol. The van der Waals surface area contributed by atoms with Gasteiger partial charge in [-0.3, -0.25) is 4.79 Å². The molecule has 0 amide bonds. The van der Waals surface area contributed by atoms with Gasteiger partial charge in [-0.05, 0) is 0 Å². The first-order valence-corrected chi connectivity index (χ1v) is 2.73. The van der Waals surface area contributed by atoms with Crippen molar-refractivity contribution in [3.8, 4) is 12.3 Å². The first kappa shape index (κ1) is 8.03. The van der Waals surface area contributed by atoms with Gasteiger partial charge < -0.3 is 4.74 Å². The molecule has 0 spiro atoms. The molecule has 0 saturated heterocycles. The lowest BCUT2D eigenvalue weighted by atomic mass is 10.1. The summed E-state index contributed by atoms with van der Waals surface area (Å²) >= 11 is 0. The van der Waals surface area contributed by atoms with Crippen LogP contribution in [0.4, 0.5) is 0 Å². The molecule has 0 saturated carbocycles. The fourth-order valence-corrected chi connectivity index (χ4v) is 0.392. The summed E-state index contributed by atoms with van der Waals surface area (Å²) in [4.78, 5) is 10.5. The van der Waals surface area contributed by atoms with Gasteiger partial charge in [0.05, 0.1) is 13.5 Å². The van der Waals surface area contributed by atoms with E-state index in [2.05, 4.69) is 10.7 Å². The molecule has 0 heterocycles. The molecule has 1 atom stereocenters. The Bertz CT molecular complexity index is 132. The molecule has 0 aliphatic rings. The fourth-order valence-electron chi connectivity index (χ4n) is 0.392. The third-order valence-electron chi connectivity index (χ3n) is 0.985. The quantitative estimate of drug-likeness (QED) is 0.404. The average Bonchev–Trinajstić information content (AvgIpc) is 1.87. The molecule has 0 radical (unpaired) electrons. The number of carbonyl (C=O) groups excluding carboxylic acids is 1. The van der Waals surface area contributed by atoms with Crippen LogP contribution in [0.5, 0.6) is 0 Å². The Kier molecular flexibility index (Phi) is 3.54. The van der Waals surface area contributed by atoms with Crippen molar-refractivity contribution in [3.63, 3.8) is 0 Å². The van der Waals surface area contributed by atoms with Crippen LogP contribution in [0.1, 0.15) is 13.3 Å². The molecule has 1 unspecified atom stereocenters. The zero-order valence-electron chi connectivity index (χ0n) is 5.68. The van der Waals surface area contributed by atoms with E-state index in [9.17, 15) is 4.79 Å². The third kappa shape index (κ3) is 3.60. The second-order valence-electron chi connectivity index (χ2n) is 1.85. The van der Waals surface area contributed by atoms with Crippen molar-refractivity contribution in [2.24, 2.45) is 5.92 Å². The highest BCUT2D eigenvalue weighted by Crippen LogP contribution is 1.99. The summed E-state index contributed by atoms with van der Waals surface area (Å²) in [6.45, 7) is 1.80. The Morgan fingerprint density at radius 3 is 2.78 bits per heavy atom. The molecule has 9 heavy (non-hydrogen) atoms. The van der Waals surface area contributed by atoms with E-state index in [4.69, 9.17) is 6.42 Å². The molecule has 50 valence electrons. The largest absolute Gasteiger partial charge is 0.469 e. The monoisotopic (exact) mass is 126 g/mol. The van der Waals surface area contributed by atoms with Crippen molar-refractivity contribution >= 4 is 5.97 Å². The minimum atomic E-state index is -0.250. The number of carbonyl (C=O) groups is 1. The predicted octanol–water partition coefficient (Wildman–Crippen LogP) is 0.819. The smallest absolute Gasteiger partial charge is 0.306 e. The maximum absolute atomic E-state index is 10.5. The molecule has 2 nitrogen and oxygen atoms in total. The normalized spacial score (nSPS) is 11.7.